The molecular weight excluding hydrogens is 295 g/mol. The van der Waals surface area contributed by atoms with Gasteiger partial charge in [0.2, 0.25) is 0 Å². The van der Waals surface area contributed by atoms with Crippen LogP contribution in [-0.4, -0.2) is 13.1 Å². The van der Waals surface area contributed by atoms with E-state index in [0.717, 1.165) is 22.3 Å². The normalized spacial score (nSPS) is 19.9. The highest BCUT2D eigenvalue weighted by molar-refractivity contribution is 6.31. The average molecular weight is 307 g/mol. The van der Waals surface area contributed by atoms with Crippen molar-refractivity contribution in [2.45, 2.75) is 10.8 Å². The Hall–Kier alpha value is -1.51. The number of esters is 1. The number of halogens is 2. The van der Waals surface area contributed by atoms with Gasteiger partial charge in [-0.3, -0.25) is 0 Å². The Morgan fingerprint density at radius 1 is 1.00 bits per heavy atom. The molecule has 0 N–H and O–H groups in total. The molecule has 0 bridgehead atoms. The van der Waals surface area contributed by atoms with Crippen molar-refractivity contribution in [3.63, 3.8) is 0 Å². The van der Waals surface area contributed by atoms with Crippen LogP contribution in [0.2, 0.25) is 0 Å². The van der Waals surface area contributed by atoms with E-state index in [0.29, 0.717) is 5.56 Å². The molecule has 0 aromatic heterocycles. The molecule has 1 aliphatic carbocycles. The van der Waals surface area contributed by atoms with Gasteiger partial charge in [0.15, 0.2) is 0 Å². The van der Waals surface area contributed by atoms with E-state index in [1.54, 1.807) is 6.07 Å². The molecule has 2 nitrogen and oxygen atoms in total. The van der Waals surface area contributed by atoms with Crippen LogP contribution in [0.5, 0.6) is 0 Å². The number of carbonyl (C=O) groups excluding carboxylic acids is 1. The highest BCUT2D eigenvalue weighted by Crippen LogP contribution is 2.51. The summed E-state index contributed by atoms with van der Waals surface area (Å²) in [6, 6.07) is 13.4. The molecule has 0 saturated heterocycles. The molecule has 0 heterocycles. The van der Waals surface area contributed by atoms with Gasteiger partial charge in [0.1, 0.15) is 0 Å². The summed E-state index contributed by atoms with van der Waals surface area (Å²) < 4.78 is 4.83. The Balaban J connectivity index is 2.31. The van der Waals surface area contributed by atoms with Crippen LogP contribution in [0.3, 0.4) is 0 Å². The molecule has 3 rings (SSSR count). The molecule has 2 aromatic carbocycles. The number of methoxy groups -OCH3 is 1. The SMILES string of the molecule is COC(=O)c1cccc2c1[C@@H](Cl)[C@@H](Cl)c1ccccc1-2. The lowest BCUT2D eigenvalue weighted by atomic mass is 9.82. The monoisotopic (exact) mass is 306 g/mol. The number of alkyl halides is 2. The largest absolute Gasteiger partial charge is 0.465 e. The Morgan fingerprint density at radius 2 is 1.70 bits per heavy atom. The number of hydrogen-bond acceptors (Lipinski definition) is 2. The molecule has 0 saturated carbocycles. The highest BCUT2D eigenvalue weighted by Gasteiger charge is 2.34. The second kappa shape index (κ2) is 5.12. The Labute approximate surface area is 127 Å². The molecule has 20 heavy (non-hydrogen) atoms. The first-order valence-electron chi connectivity index (χ1n) is 6.23. The maximum atomic E-state index is 11.9. The van der Waals surface area contributed by atoms with Crippen LogP contribution < -0.4 is 0 Å². The van der Waals surface area contributed by atoms with E-state index in [1.807, 2.05) is 36.4 Å². The summed E-state index contributed by atoms with van der Waals surface area (Å²) >= 11 is 13.0. The summed E-state index contributed by atoms with van der Waals surface area (Å²) in [5.74, 6) is -0.393. The van der Waals surface area contributed by atoms with Crippen LogP contribution >= 0.6 is 23.2 Å². The van der Waals surface area contributed by atoms with Gasteiger partial charge in [-0.2, -0.15) is 0 Å². The van der Waals surface area contributed by atoms with Crippen molar-refractivity contribution in [3.05, 3.63) is 59.2 Å². The number of hydrogen-bond donors (Lipinski definition) is 0. The highest BCUT2D eigenvalue weighted by atomic mass is 35.5. The molecule has 4 heteroatoms. The van der Waals surface area contributed by atoms with Gasteiger partial charge in [-0.1, -0.05) is 36.4 Å². The van der Waals surface area contributed by atoms with Crippen molar-refractivity contribution < 1.29 is 9.53 Å². The van der Waals surface area contributed by atoms with Gasteiger partial charge in [0.25, 0.3) is 0 Å². The molecular formula is C16H12Cl2O2. The predicted octanol–water partition coefficient (Wildman–Crippen LogP) is 4.71. The maximum Gasteiger partial charge on any atom is 0.338 e. The zero-order valence-corrected chi connectivity index (χ0v) is 12.3. The van der Waals surface area contributed by atoms with Crippen molar-refractivity contribution in [2.75, 3.05) is 7.11 Å². The fourth-order valence-electron chi connectivity index (χ4n) is 2.67. The second-order valence-electron chi connectivity index (χ2n) is 4.65. The maximum absolute atomic E-state index is 11.9. The molecule has 0 unspecified atom stereocenters. The van der Waals surface area contributed by atoms with Gasteiger partial charge < -0.3 is 4.74 Å². The summed E-state index contributed by atoms with van der Waals surface area (Å²) in [7, 11) is 1.36. The zero-order valence-electron chi connectivity index (χ0n) is 10.8. The minimum Gasteiger partial charge on any atom is -0.465 e. The minimum atomic E-state index is -0.461. The third-order valence-corrected chi connectivity index (χ3v) is 4.68. The molecule has 2 atom stereocenters. The number of fused-ring (bicyclic) bond motifs is 3. The average Bonchev–Trinajstić information content (AvgIpc) is 2.51. The first kappa shape index (κ1) is 13.5. The lowest BCUT2D eigenvalue weighted by molar-refractivity contribution is 0.0599. The summed E-state index contributed by atoms with van der Waals surface area (Å²) in [5.41, 5.74) is 4.18. The number of benzene rings is 2. The van der Waals surface area contributed by atoms with E-state index in [1.165, 1.54) is 7.11 Å². The molecule has 0 amide bonds. The Bertz CT molecular complexity index is 682. The summed E-state index contributed by atoms with van der Waals surface area (Å²) in [6.07, 6.45) is 0. The van der Waals surface area contributed by atoms with Gasteiger partial charge in [0.05, 0.1) is 23.4 Å². The number of rotatable bonds is 1. The minimum absolute atomic E-state index is 0.369. The fraction of sp³-hybridized carbons (Fsp3) is 0.188. The summed E-state index contributed by atoms with van der Waals surface area (Å²) in [6.45, 7) is 0. The molecule has 1 aliphatic rings. The molecule has 0 fully saturated rings. The van der Waals surface area contributed by atoms with E-state index < -0.39 is 11.3 Å². The van der Waals surface area contributed by atoms with Gasteiger partial charge in [0, 0.05) is 0 Å². The van der Waals surface area contributed by atoms with Crippen molar-refractivity contribution in [1.82, 2.24) is 0 Å². The van der Waals surface area contributed by atoms with Gasteiger partial charge >= 0.3 is 5.97 Å². The molecule has 0 aliphatic heterocycles. The third-order valence-electron chi connectivity index (χ3n) is 3.59. The van der Waals surface area contributed by atoms with Crippen molar-refractivity contribution >= 4 is 29.2 Å². The van der Waals surface area contributed by atoms with Crippen LogP contribution in [0, 0.1) is 0 Å². The molecule has 0 radical (unpaired) electrons. The van der Waals surface area contributed by atoms with E-state index in [9.17, 15) is 4.79 Å². The topological polar surface area (TPSA) is 26.3 Å². The first-order chi connectivity index (χ1) is 9.65. The Kier molecular flexibility index (Phi) is 3.45. The molecule has 2 aromatic rings. The zero-order chi connectivity index (χ0) is 14.3. The van der Waals surface area contributed by atoms with E-state index in [2.05, 4.69) is 0 Å². The van der Waals surface area contributed by atoms with Gasteiger partial charge in [-0.05, 0) is 28.3 Å². The van der Waals surface area contributed by atoms with Crippen LogP contribution in [-0.2, 0) is 4.74 Å². The van der Waals surface area contributed by atoms with Crippen molar-refractivity contribution in [3.8, 4) is 11.1 Å². The van der Waals surface area contributed by atoms with E-state index in [-0.39, 0.29) is 5.38 Å². The predicted molar refractivity (Wildman–Crippen MR) is 80.4 cm³/mol. The molecule has 102 valence electrons. The molecule has 0 spiro atoms. The van der Waals surface area contributed by atoms with Crippen molar-refractivity contribution in [1.29, 1.82) is 0 Å². The smallest absolute Gasteiger partial charge is 0.338 e. The van der Waals surface area contributed by atoms with E-state index >= 15 is 0 Å². The lowest BCUT2D eigenvalue weighted by Gasteiger charge is -2.29. The Morgan fingerprint density at radius 3 is 2.45 bits per heavy atom. The standard InChI is InChI=1S/C16H12Cl2O2/c1-20-16(19)12-8-4-7-10-9-5-2-3-6-11(9)14(17)15(18)13(10)12/h2-8,14-15H,1H3/t14-,15+/m0/s1. The van der Waals surface area contributed by atoms with Crippen molar-refractivity contribution in [2.24, 2.45) is 0 Å². The van der Waals surface area contributed by atoms with Crippen LogP contribution in [0.1, 0.15) is 32.2 Å². The lowest BCUT2D eigenvalue weighted by Crippen LogP contribution is -2.15. The number of ether oxygens (including phenoxy) is 1. The summed E-state index contributed by atoms with van der Waals surface area (Å²) in [4.78, 5) is 11.9. The second-order valence-corrected chi connectivity index (χ2v) is 5.59. The first-order valence-corrected chi connectivity index (χ1v) is 7.11. The quantitative estimate of drug-likeness (QED) is 0.563. The van der Waals surface area contributed by atoms with Crippen LogP contribution in [0.15, 0.2) is 42.5 Å². The fourth-order valence-corrected chi connectivity index (χ4v) is 3.36. The van der Waals surface area contributed by atoms with Crippen LogP contribution in [0.25, 0.3) is 11.1 Å². The van der Waals surface area contributed by atoms with Gasteiger partial charge in [-0.25, -0.2) is 4.79 Å². The third kappa shape index (κ3) is 1.91. The number of carbonyl (C=O) groups is 1. The summed E-state index contributed by atoms with van der Waals surface area (Å²) in [5, 5.41) is -0.831. The van der Waals surface area contributed by atoms with E-state index in [4.69, 9.17) is 27.9 Å². The van der Waals surface area contributed by atoms with Gasteiger partial charge in [-0.15, -0.1) is 23.2 Å². The van der Waals surface area contributed by atoms with Crippen LogP contribution in [0.4, 0.5) is 0 Å².